The summed E-state index contributed by atoms with van der Waals surface area (Å²) >= 11 is 0. The first kappa shape index (κ1) is 15.5. The molecular formula is C21H24N2O. The lowest BCUT2D eigenvalue weighted by Gasteiger charge is -2.25. The minimum atomic E-state index is 0.151. The SMILES string of the molecule is CC(C)c1cccc(-c2cc(=O)c3c(cn2)[C@H]2CNCC2CC3)c1. The van der Waals surface area contributed by atoms with Gasteiger partial charge in [0.25, 0.3) is 0 Å². The van der Waals surface area contributed by atoms with Gasteiger partial charge in [-0.1, -0.05) is 32.0 Å². The summed E-state index contributed by atoms with van der Waals surface area (Å²) in [4.78, 5) is 17.5. The monoisotopic (exact) mass is 320 g/mol. The van der Waals surface area contributed by atoms with E-state index >= 15 is 0 Å². The second-order valence-electron chi connectivity index (χ2n) is 7.43. The second kappa shape index (κ2) is 6.14. The molecule has 0 radical (unpaired) electrons. The molecule has 2 heterocycles. The maximum atomic E-state index is 12.8. The number of hydrogen-bond acceptors (Lipinski definition) is 3. The van der Waals surface area contributed by atoms with E-state index in [1.165, 1.54) is 11.1 Å². The first-order valence-corrected chi connectivity index (χ1v) is 8.97. The van der Waals surface area contributed by atoms with Crippen molar-refractivity contribution in [2.75, 3.05) is 13.1 Å². The number of rotatable bonds is 2. The molecule has 1 saturated heterocycles. The van der Waals surface area contributed by atoms with Crippen LogP contribution in [0.4, 0.5) is 0 Å². The van der Waals surface area contributed by atoms with Crippen molar-refractivity contribution in [3.63, 3.8) is 0 Å². The van der Waals surface area contributed by atoms with Gasteiger partial charge in [0.05, 0.1) is 5.69 Å². The molecule has 0 spiro atoms. The van der Waals surface area contributed by atoms with Crippen LogP contribution in [0.15, 0.2) is 41.3 Å². The molecule has 1 aliphatic carbocycles. The quantitative estimate of drug-likeness (QED) is 0.921. The standard InChI is InChI=1S/C21H24N2O/c1-13(2)14-4-3-5-15(8-14)20-9-21(24)17-7-6-16-10-22-11-18(16)19(17)12-23-20/h3-5,8-9,12-13,16,18,22H,6-7,10-11H2,1-2H3/t16?,18-/m0/s1. The Labute approximate surface area is 143 Å². The number of benzene rings is 1. The summed E-state index contributed by atoms with van der Waals surface area (Å²) in [5.41, 5.74) is 5.41. The van der Waals surface area contributed by atoms with E-state index in [4.69, 9.17) is 4.98 Å². The van der Waals surface area contributed by atoms with Crippen molar-refractivity contribution in [2.45, 2.75) is 38.5 Å². The minimum Gasteiger partial charge on any atom is -0.316 e. The Bertz CT molecular complexity index is 828. The Morgan fingerprint density at radius 2 is 2.08 bits per heavy atom. The van der Waals surface area contributed by atoms with E-state index in [1.54, 1.807) is 6.07 Å². The van der Waals surface area contributed by atoms with Crippen LogP contribution in [0.2, 0.25) is 0 Å². The van der Waals surface area contributed by atoms with Gasteiger partial charge >= 0.3 is 0 Å². The van der Waals surface area contributed by atoms with Crippen LogP contribution in [0.3, 0.4) is 0 Å². The number of fused-ring (bicyclic) bond motifs is 3. The fourth-order valence-corrected chi connectivity index (χ4v) is 4.14. The van der Waals surface area contributed by atoms with Crippen LogP contribution in [0.5, 0.6) is 0 Å². The van der Waals surface area contributed by atoms with Crippen molar-refractivity contribution >= 4 is 0 Å². The maximum absolute atomic E-state index is 12.8. The lowest BCUT2D eigenvalue weighted by atomic mass is 9.78. The predicted molar refractivity (Wildman–Crippen MR) is 97.5 cm³/mol. The van der Waals surface area contributed by atoms with Crippen molar-refractivity contribution < 1.29 is 0 Å². The molecule has 24 heavy (non-hydrogen) atoms. The van der Waals surface area contributed by atoms with Gasteiger partial charge in [0.2, 0.25) is 0 Å². The molecule has 3 heteroatoms. The number of nitrogens with one attached hydrogen (secondary N) is 1. The smallest absolute Gasteiger partial charge is 0.184 e. The first-order chi connectivity index (χ1) is 11.6. The Morgan fingerprint density at radius 3 is 2.92 bits per heavy atom. The Hall–Kier alpha value is -2.00. The highest BCUT2D eigenvalue weighted by molar-refractivity contribution is 5.60. The van der Waals surface area contributed by atoms with E-state index in [2.05, 4.69) is 37.4 Å². The molecule has 2 aliphatic rings. The summed E-state index contributed by atoms with van der Waals surface area (Å²) in [7, 11) is 0. The molecule has 1 N–H and O–H groups in total. The minimum absolute atomic E-state index is 0.151. The van der Waals surface area contributed by atoms with Crippen LogP contribution >= 0.6 is 0 Å². The highest BCUT2D eigenvalue weighted by atomic mass is 16.1. The van der Waals surface area contributed by atoms with Crippen LogP contribution in [0.25, 0.3) is 11.3 Å². The second-order valence-corrected chi connectivity index (χ2v) is 7.43. The topological polar surface area (TPSA) is 42.0 Å². The number of hydrogen-bond donors (Lipinski definition) is 1. The van der Waals surface area contributed by atoms with Crippen molar-refractivity contribution in [3.05, 3.63) is 63.4 Å². The van der Waals surface area contributed by atoms with Gasteiger partial charge in [0.1, 0.15) is 0 Å². The normalized spacial score (nSPS) is 22.3. The fourth-order valence-electron chi connectivity index (χ4n) is 4.14. The van der Waals surface area contributed by atoms with Crippen LogP contribution in [0.1, 0.15) is 48.8 Å². The van der Waals surface area contributed by atoms with Crippen LogP contribution in [-0.4, -0.2) is 18.1 Å². The first-order valence-electron chi connectivity index (χ1n) is 8.97. The van der Waals surface area contributed by atoms with Crippen molar-refractivity contribution in [1.29, 1.82) is 0 Å². The highest BCUT2D eigenvalue weighted by Gasteiger charge is 2.34. The number of aromatic nitrogens is 1. The van der Waals surface area contributed by atoms with Crippen molar-refractivity contribution in [3.8, 4) is 11.3 Å². The molecule has 1 fully saturated rings. The van der Waals surface area contributed by atoms with Crippen molar-refractivity contribution in [2.24, 2.45) is 5.92 Å². The molecule has 0 saturated carbocycles. The summed E-state index contributed by atoms with van der Waals surface area (Å²) in [5.74, 6) is 1.58. The van der Waals surface area contributed by atoms with Gasteiger partial charge in [-0.3, -0.25) is 9.78 Å². The third kappa shape index (κ3) is 2.67. The molecule has 4 rings (SSSR count). The van der Waals surface area contributed by atoms with E-state index < -0.39 is 0 Å². The average Bonchev–Trinajstić information content (AvgIpc) is 3.00. The van der Waals surface area contributed by atoms with Gasteiger partial charge in [-0.15, -0.1) is 0 Å². The average molecular weight is 320 g/mol. The number of nitrogens with zero attached hydrogens (tertiary/aromatic N) is 1. The fraction of sp³-hybridized carbons (Fsp3) is 0.429. The third-order valence-corrected chi connectivity index (χ3v) is 5.61. The van der Waals surface area contributed by atoms with E-state index in [0.29, 0.717) is 17.8 Å². The van der Waals surface area contributed by atoms with Gasteiger partial charge in [-0.2, -0.15) is 0 Å². The van der Waals surface area contributed by atoms with Gasteiger partial charge in [-0.25, -0.2) is 0 Å². The molecule has 0 bridgehead atoms. The van der Waals surface area contributed by atoms with Crippen LogP contribution in [-0.2, 0) is 6.42 Å². The summed E-state index contributed by atoms with van der Waals surface area (Å²) in [6.07, 6.45) is 3.97. The summed E-state index contributed by atoms with van der Waals surface area (Å²) in [6, 6.07) is 10.1. The third-order valence-electron chi connectivity index (χ3n) is 5.61. The van der Waals surface area contributed by atoms with Crippen molar-refractivity contribution in [1.82, 2.24) is 10.3 Å². The molecule has 1 aromatic carbocycles. The Balaban J connectivity index is 1.82. The molecule has 1 aromatic heterocycles. The van der Waals surface area contributed by atoms with Gasteiger partial charge in [0, 0.05) is 35.9 Å². The molecule has 1 unspecified atom stereocenters. The Kier molecular flexibility index (Phi) is 3.97. The zero-order valence-corrected chi connectivity index (χ0v) is 14.4. The Morgan fingerprint density at radius 1 is 1.21 bits per heavy atom. The lowest BCUT2D eigenvalue weighted by molar-refractivity contribution is 0.450. The molecular weight excluding hydrogens is 296 g/mol. The zero-order valence-electron chi connectivity index (χ0n) is 14.4. The zero-order chi connectivity index (χ0) is 16.7. The molecule has 2 atom stereocenters. The summed E-state index contributed by atoms with van der Waals surface area (Å²) < 4.78 is 0. The molecule has 3 nitrogen and oxygen atoms in total. The van der Waals surface area contributed by atoms with E-state index in [-0.39, 0.29) is 5.43 Å². The van der Waals surface area contributed by atoms with Crippen LogP contribution in [0, 0.1) is 5.92 Å². The summed E-state index contributed by atoms with van der Waals surface area (Å²) in [6.45, 7) is 6.41. The van der Waals surface area contributed by atoms with E-state index in [9.17, 15) is 4.79 Å². The van der Waals surface area contributed by atoms with Gasteiger partial charge < -0.3 is 5.32 Å². The predicted octanol–water partition coefficient (Wildman–Crippen LogP) is 3.48. The maximum Gasteiger partial charge on any atom is 0.184 e. The van der Waals surface area contributed by atoms with E-state index in [0.717, 1.165) is 42.8 Å². The molecule has 1 aliphatic heterocycles. The van der Waals surface area contributed by atoms with Gasteiger partial charge in [0.15, 0.2) is 5.43 Å². The molecule has 124 valence electrons. The largest absolute Gasteiger partial charge is 0.316 e. The summed E-state index contributed by atoms with van der Waals surface area (Å²) in [5, 5.41) is 3.47. The van der Waals surface area contributed by atoms with E-state index in [1.807, 2.05) is 12.3 Å². The van der Waals surface area contributed by atoms with Gasteiger partial charge in [-0.05, 0) is 48.4 Å². The lowest BCUT2D eigenvalue weighted by Crippen LogP contribution is -2.22. The van der Waals surface area contributed by atoms with Crippen LogP contribution < -0.4 is 10.7 Å². The molecule has 2 aromatic rings. The molecule has 0 amide bonds. The highest BCUT2D eigenvalue weighted by Crippen LogP contribution is 2.36.